The summed E-state index contributed by atoms with van der Waals surface area (Å²) in [6.45, 7) is 1.77. The summed E-state index contributed by atoms with van der Waals surface area (Å²) < 4.78 is 5.55. The predicted octanol–water partition coefficient (Wildman–Crippen LogP) is 3.68. The van der Waals surface area contributed by atoms with Gasteiger partial charge >= 0.3 is 0 Å². The summed E-state index contributed by atoms with van der Waals surface area (Å²) in [6, 6.07) is 15.5. The maximum absolute atomic E-state index is 5.55. The molecule has 1 aliphatic rings. The third-order valence-electron chi connectivity index (χ3n) is 3.72. The fraction of sp³-hybridized carbons (Fsp3) is 0.333. The van der Waals surface area contributed by atoms with Crippen LogP contribution < -0.4 is 10.1 Å². The quantitative estimate of drug-likeness (QED) is 0.822. The Kier molecular flexibility index (Phi) is 4.84. The molecule has 21 heavy (non-hydrogen) atoms. The number of hydrogen-bond acceptors (Lipinski definition) is 3. The SMILES string of the molecule is CNCc1ccc(SCCc2ccc3c(c2)CCO3)cc1. The molecule has 1 N–H and O–H groups in total. The Morgan fingerprint density at radius 2 is 1.90 bits per heavy atom. The van der Waals surface area contributed by atoms with Gasteiger partial charge in [-0.15, -0.1) is 11.8 Å². The molecule has 0 spiro atoms. The number of thioether (sulfide) groups is 1. The third-order valence-corrected chi connectivity index (χ3v) is 4.73. The summed E-state index contributed by atoms with van der Waals surface area (Å²) >= 11 is 1.92. The lowest BCUT2D eigenvalue weighted by Gasteiger charge is -2.06. The molecule has 0 unspecified atom stereocenters. The lowest BCUT2D eigenvalue weighted by Crippen LogP contribution is -2.04. The van der Waals surface area contributed by atoms with Crippen LogP contribution in [-0.4, -0.2) is 19.4 Å². The van der Waals surface area contributed by atoms with Crippen molar-refractivity contribution in [2.45, 2.75) is 24.3 Å². The van der Waals surface area contributed by atoms with E-state index in [0.29, 0.717) is 0 Å². The molecule has 1 aliphatic heterocycles. The van der Waals surface area contributed by atoms with Crippen molar-refractivity contribution in [3.8, 4) is 5.75 Å². The highest BCUT2D eigenvalue weighted by Gasteiger charge is 2.11. The van der Waals surface area contributed by atoms with Gasteiger partial charge < -0.3 is 10.1 Å². The minimum absolute atomic E-state index is 0.840. The number of rotatable bonds is 6. The highest BCUT2D eigenvalue weighted by Crippen LogP contribution is 2.27. The van der Waals surface area contributed by atoms with Crippen LogP contribution >= 0.6 is 11.8 Å². The van der Waals surface area contributed by atoms with Crippen LogP contribution in [0.4, 0.5) is 0 Å². The van der Waals surface area contributed by atoms with Crippen molar-refractivity contribution in [3.63, 3.8) is 0 Å². The molecule has 1 heterocycles. The van der Waals surface area contributed by atoms with Gasteiger partial charge in [0.05, 0.1) is 6.61 Å². The van der Waals surface area contributed by atoms with E-state index < -0.39 is 0 Å². The number of fused-ring (bicyclic) bond motifs is 1. The van der Waals surface area contributed by atoms with Gasteiger partial charge in [-0.1, -0.05) is 24.3 Å². The second kappa shape index (κ2) is 7.01. The molecule has 0 aliphatic carbocycles. The highest BCUT2D eigenvalue weighted by molar-refractivity contribution is 7.99. The number of hydrogen-bond donors (Lipinski definition) is 1. The monoisotopic (exact) mass is 299 g/mol. The molecule has 2 aromatic rings. The molecule has 0 fully saturated rings. The van der Waals surface area contributed by atoms with Crippen LogP contribution in [0, 0.1) is 0 Å². The zero-order valence-corrected chi connectivity index (χ0v) is 13.2. The van der Waals surface area contributed by atoms with E-state index in [9.17, 15) is 0 Å². The maximum atomic E-state index is 5.55. The number of aryl methyl sites for hydroxylation is 1. The minimum atomic E-state index is 0.840. The van der Waals surface area contributed by atoms with Crippen molar-refractivity contribution in [1.29, 1.82) is 0 Å². The molecule has 2 nitrogen and oxygen atoms in total. The lowest BCUT2D eigenvalue weighted by atomic mass is 10.1. The Balaban J connectivity index is 1.51. The van der Waals surface area contributed by atoms with Crippen molar-refractivity contribution in [1.82, 2.24) is 5.32 Å². The van der Waals surface area contributed by atoms with Gasteiger partial charge in [0.25, 0.3) is 0 Å². The van der Waals surface area contributed by atoms with Gasteiger partial charge in [-0.3, -0.25) is 0 Å². The fourth-order valence-electron chi connectivity index (χ4n) is 2.59. The van der Waals surface area contributed by atoms with E-state index in [2.05, 4.69) is 47.8 Å². The van der Waals surface area contributed by atoms with Crippen LogP contribution in [0.3, 0.4) is 0 Å². The minimum Gasteiger partial charge on any atom is -0.493 e. The topological polar surface area (TPSA) is 21.3 Å². The zero-order valence-electron chi connectivity index (χ0n) is 12.4. The summed E-state index contributed by atoms with van der Waals surface area (Å²) in [5.74, 6) is 2.19. The largest absolute Gasteiger partial charge is 0.493 e. The average Bonchev–Trinajstić information content (AvgIpc) is 2.97. The van der Waals surface area contributed by atoms with E-state index in [1.54, 1.807) is 0 Å². The Morgan fingerprint density at radius 3 is 2.71 bits per heavy atom. The van der Waals surface area contributed by atoms with Crippen LogP contribution in [0.2, 0.25) is 0 Å². The zero-order chi connectivity index (χ0) is 14.5. The molecule has 0 atom stereocenters. The van der Waals surface area contributed by atoms with Gasteiger partial charge in [0.1, 0.15) is 5.75 Å². The molecule has 0 saturated carbocycles. The second-order valence-electron chi connectivity index (χ2n) is 5.31. The first-order valence-electron chi connectivity index (χ1n) is 7.46. The first-order valence-corrected chi connectivity index (χ1v) is 8.44. The van der Waals surface area contributed by atoms with Crippen molar-refractivity contribution in [2.75, 3.05) is 19.4 Å². The highest BCUT2D eigenvalue weighted by atomic mass is 32.2. The Bertz CT molecular complexity index is 595. The van der Waals surface area contributed by atoms with Crippen LogP contribution in [0.15, 0.2) is 47.4 Å². The smallest absolute Gasteiger partial charge is 0.122 e. The molecule has 0 aromatic heterocycles. The van der Waals surface area contributed by atoms with Gasteiger partial charge in [0, 0.05) is 23.6 Å². The number of benzene rings is 2. The summed E-state index contributed by atoms with van der Waals surface area (Å²) in [5, 5.41) is 3.17. The van der Waals surface area contributed by atoms with Crippen LogP contribution in [-0.2, 0) is 19.4 Å². The van der Waals surface area contributed by atoms with Gasteiger partial charge in [-0.05, 0) is 48.4 Å². The molecule has 0 saturated heterocycles. The molecule has 3 rings (SSSR count). The maximum Gasteiger partial charge on any atom is 0.122 e. The number of ether oxygens (including phenoxy) is 1. The normalized spacial score (nSPS) is 13.0. The molecule has 0 amide bonds. The molecule has 110 valence electrons. The van der Waals surface area contributed by atoms with E-state index >= 15 is 0 Å². The lowest BCUT2D eigenvalue weighted by molar-refractivity contribution is 0.357. The van der Waals surface area contributed by atoms with Crippen LogP contribution in [0.25, 0.3) is 0 Å². The van der Waals surface area contributed by atoms with Crippen molar-refractivity contribution in [3.05, 3.63) is 59.2 Å². The Labute approximate surface area is 130 Å². The standard InChI is InChI=1S/C18H21NOS/c1-19-13-15-2-5-17(6-3-15)21-11-9-14-4-7-18-16(12-14)8-10-20-18/h2-7,12,19H,8-11,13H2,1H3. The molecular weight excluding hydrogens is 278 g/mol. The van der Waals surface area contributed by atoms with Gasteiger partial charge in [0.2, 0.25) is 0 Å². The van der Waals surface area contributed by atoms with E-state index in [-0.39, 0.29) is 0 Å². The number of nitrogens with one attached hydrogen (secondary N) is 1. The molecular formula is C18H21NOS. The summed E-state index contributed by atoms with van der Waals surface area (Å²) in [7, 11) is 1.98. The third kappa shape index (κ3) is 3.80. The summed E-state index contributed by atoms with van der Waals surface area (Å²) in [4.78, 5) is 1.35. The van der Waals surface area contributed by atoms with E-state index in [4.69, 9.17) is 4.74 Å². The summed E-state index contributed by atoms with van der Waals surface area (Å²) in [6.07, 6.45) is 2.17. The van der Waals surface area contributed by atoms with Gasteiger partial charge in [0.15, 0.2) is 0 Å². The second-order valence-corrected chi connectivity index (χ2v) is 6.48. The molecule has 0 bridgehead atoms. The molecule has 2 aromatic carbocycles. The van der Waals surface area contributed by atoms with E-state index in [0.717, 1.165) is 37.5 Å². The fourth-order valence-corrected chi connectivity index (χ4v) is 3.49. The predicted molar refractivity (Wildman–Crippen MR) is 89.3 cm³/mol. The van der Waals surface area contributed by atoms with Crippen molar-refractivity contribution < 1.29 is 4.74 Å². The van der Waals surface area contributed by atoms with E-state index in [1.165, 1.54) is 21.6 Å². The molecule has 3 heteroatoms. The van der Waals surface area contributed by atoms with E-state index in [1.807, 2.05) is 18.8 Å². The average molecular weight is 299 g/mol. The van der Waals surface area contributed by atoms with Gasteiger partial charge in [-0.25, -0.2) is 0 Å². The first kappa shape index (κ1) is 14.5. The van der Waals surface area contributed by atoms with Gasteiger partial charge in [-0.2, -0.15) is 0 Å². The molecule has 0 radical (unpaired) electrons. The van der Waals surface area contributed by atoms with Crippen LogP contribution in [0.1, 0.15) is 16.7 Å². The van der Waals surface area contributed by atoms with Crippen LogP contribution in [0.5, 0.6) is 5.75 Å². The van der Waals surface area contributed by atoms with Crippen molar-refractivity contribution in [2.24, 2.45) is 0 Å². The van der Waals surface area contributed by atoms with Crippen molar-refractivity contribution >= 4 is 11.8 Å². The Morgan fingerprint density at radius 1 is 1.10 bits per heavy atom. The first-order chi connectivity index (χ1) is 10.3. The Hall–Kier alpha value is -1.45. The summed E-state index contributed by atoms with van der Waals surface area (Å²) in [5.41, 5.74) is 4.12.